The van der Waals surface area contributed by atoms with Gasteiger partial charge in [-0.15, -0.1) is 0 Å². The number of nitrogens with zero attached hydrogens (tertiary/aromatic N) is 1. The molecule has 1 aromatic carbocycles. The van der Waals surface area contributed by atoms with Gasteiger partial charge in [-0.2, -0.15) is 0 Å². The van der Waals surface area contributed by atoms with Crippen LogP contribution in [0.15, 0.2) is 22.7 Å². The highest BCUT2D eigenvalue weighted by molar-refractivity contribution is 9.10. The molecule has 0 fully saturated rings. The van der Waals surface area contributed by atoms with Crippen molar-refractivity contribution in [3.05, 3.63) is 28.2 Å². The molecule has 21 heavy (non-hydrogen) atoms. The van der Waals surface area contributed by atoms with Crippen molar-refractivity contribution >= 4 is 21.6 Å². The largest absolute Gasteiger partial charge is 0.383 e. The maximum Gasteiger partial charge on any atom is 0.0641 e. The molecule has 0 aliphatic heterocycles. The minimum atomic E-state index is 0.733. The van der Waals surface area contributed by atoms with E-state index < -0.39 is 0 Å². The quantitative estimate of drug-likeness (QED) is 0.616. The molecule has 0 bridgehead atoms. The van der Waals surface area contributed by atoms with Gasteiger partial charge >= 0.3 is 0 Å². The summed E-state index contributed by atoms with van der Waals surface area (Å²) in [7, 11) is 1.72. The highest BCUT2D eigenvalue weighted by Gasteiger charge is 2.07. The van der Waals surface area contributed by atoms with E-state index in [4.69, 9.17) is 9.47 Å². The third-order valence-corrected chi connectivity index (χ3v) is 4.03. The van der Waals surface area contributed by atoms with Gasteiger partial charge in [0.1, 0.15) is 0 Å². The van der Waals surface area contributed by atoms with E-state index in [0.29, 0.717) is 0 Å². The van der Waals surface area contributed by atoms with E-state index in [1.807, 2.05) is 6.92 Å². The molecule has 120 valence electrons. The summed E-state index contributed by atoms with van der Waals surface area (Å²) in [4.78, 5) is 2.32. The summed E-state index contributed by atoms with van der Waals surface area (Å²) in [6.07, 6.45) is 0. The first-order chi connectivity index (χ1) is 10.2. The van der Waals surface area contributed by atoms with Gasteiger partial charge < -0.3 is 19.7 Å². The third kappa shape index (κ3) is 6.78. The number of hydrogen-bond donors (Lipinski definition) is 1. The maximum absolute atomic E-state index is 5.44. The number of anilines is 1. The minimum absolute atomic E-state index is 0.733. The van der Waals surface area contributed by atoms with Gasteiger partial charge in [-0.25, -0.2) is 0 Å². The lowest BCUT2D eigenvalue weighted by Crippen LogP contribution is -2.27. The third-order valence-electron chi connectivity index (χ3n) is 3.29. The first kappa shape index (κ1) is 18.4. The van der Waals surface area contributed by atoms with E-state index in [1.54, 1.807) is 7.11 Å². The molecule has 5 heteroatoms. The van der Waals surface area contributed by atoms with Crippen molar-refractivity contribution < 1.29 is 9.47 Å². The summed E-state index contributed by atoms with van der Waals surface area (Å²) in [6.45, 7) is 10.1. The molecule has 0 radical (unpaired) electrons. The number of benzene rings is 1. The van der Waals surface area contributed by atoms with Crippen LogP contribution >= 0.6 is 15.9 Å². The Morgan fingerprint density at radius 3 is 2.67 bits per heavy atom. The van der Waals surface area contributed by atoms with Crippen LogP contribution in [0.5, 0.6) is 0 Å². The van der Waals surface area contributed by atoms with Crippen LogP contribution < -0.4 is 10.2 Å². The molecule has 4 nitrogen and oxygen atoms in total. The summed E-state index contributed by atoms with van der Waals surface area (Å²) in [5.41, 5.74) is 2.49. The van der Waals surface area contributed by atoms with Crippen molar-refractivity contribution in [2.45, 2.75) is 20.4 Å². The van der Waals surface area contributed by atoms with Gasteiger partial charge in [-0.3, -0.25) is 0 Å². The fraction of sp³-hybridized carbons (Fsp3) is 0.625. The van der Waals surface area contributed by atoms with Gasteiger partial charge in [0, 0.05) is 50.1 Å². The number of halogens is 1. The van der Waals surface area contributed by atoms with Crippen LogP contribution in [-0.2, 0) is 16.0 Å². The van der Waals surface area contributed by atoms with Crippen LogP contribution in [0.1, 0.15) is 19.4 Å². The zero-order valence-corrected chi connectivity index (χ0v) is 14.9. The summed E-state index contributed by atoms with van der Waals surface area (Å²) in [5, 5.41) is 3.36. The van der Waals surface area contributed by atoms with E-state index in [1.165, 1.54) is 11.3 Å². The number of rotatable bonds is 11. The molecular formula is C16H27BrN2O2. The molecule has 0 unspecified atom stereocenters. The van der Waals surface area contributed by atoms with Gasteiger partial charge in [0.25, 0.3) is 0 Å². The molecule has 0 heterocycles. The number of ether oxygens (including phenoxy) is 2. The van der Waals surface area contributed by atoms with E-state index in [9.17, 15) is 0 Å². The van der Waals surface area contributed by atoms with Crippen LogP contribution in [0.4, 0.5) is 5.69 Å². The van der Waals surface area contributed by atoms with Crippen molar-refractivity contribution in [2.75, 3.05) is 51.5 Å². The van der Waals surface area contributed by atoms with Crippen LogP contribution in [0.25, 0.3) is 0 Å². The molecule has 0 aliphatic carbocycles. The van der Waals surface area contributed by atoms with E-state index in [2.05, 4.69) is 51.3 Å². The lowest BCUT2D eigenvalue weighted by molar-refractivity contribution is 0.154. The molecule has 1 aromatic rings. The van der Waals surface area contributed by atoms with Crippen LogP contribution in [-0.4, -0.2) is 46.6 Å². The Labute approximate surface area is 136 Å². The average Bonchev–Trinajstić information content (AvgIpc) is 2.49. The predicted molar refractivity (Wildman–Crippen MR) is 92.1 cm³/mol. The predicted octanol–water partition coefficient (Wildman–Crippen LogP) is 3.05. The fourth-order valence-corrected chi connectivity index (χ4v) is 2.57. The topological polar surface area (TPSA) is 33.7 Å². The zero-order chi connectivity index (χ0) is 15.5. The number of methoxy groups -OCH3 is 1. The van der Waals surface area contributed by atoms with E-state index >= 15 is 0 Å². The summed E-state index contributed by atoms with van der Waals surface area (Å²) in [6, 6.07) is 6.53. The molecule has 0 saturated heterocycles. The molecule has 0 spiro atoms. The highest BCUT2D eigenvalue weighted by atomic mass is 79.9. The van der Waals surface area contributed by atoms with Crippen LogP contribution in [0, 0.1) is 0 Å². The fourth-order valence-electron chi connectivity index (χ4n) is 2.06. The molecular weight excluding hydrogens is 332 g/mol. The average molecular weight is 359 g/mol. The first-order valence-corrected chi connectivity index (χ1v) is 8.33. The van der Waals surface area contributed by atoms with Gasteiger partial charge in [-0.1, -0.05) is 22.0 Å². The maximum atomic E-state index is 5.44. The second kappa shape index (κ2) is 11.0. The van der Waals surface area contributed by atoms with Gasteiger partial charge in [0.2, 0.25) is 0 Å². The Balaban J connectivity index is 2.58. The normalized spacial score (nSPS) is 10.9. The Kier molecular flexibility index (Phi) is 9.67. The zero-order valence-electron chi connectivity index (χ0n) is 13.3. The number of nitrogens with one attached hydrogen (secondary N) is 1. The smallest absolute Gasteiger partial charge is 0.0641 e. The molecule has 1 rings (SSSR count). The molecule has 0 saturated carbocycles. The summed E-state index contributed by atoms with van der Waals surface area (Å²) < 4.78 is 11.6. The molecule has 0 aromatic heterocycles. The van der Waals surface area contributed by atoms with E-state index in [0.717, 1.165) is 50.5 Å². The lowest BCUT2D eigenvalue weighted by Gasteiger charge is -2.23. The van der Waals surface area contributed by atoms with Crippen molar-refractivity contribution in [1.82, 2.24) is 5.32 Å². The lowest BCUT2D eigenvalue weighted by atomic mass is 10.2. The second-order valence-electron chi connectivity index (χ2n) is 4.72. The molecule has 0 aliphatic rings. The molecule has 0 atom stereocenters. The Hall–Kier alpha value is -0.620. The standard InChI is InChI=1S/C16H27BrN2O2/c1-4-19(9-11-21-5-2)15-7-6-14(16(17)12-15)13-18-8-10-20-3/h6-7,12,18H,4-5,8-11,13H2,1-3H3. The second-order valence-corrected chi connectivity index (χ2v) is 5.58. The number of hydrogen-bond acceptors (Lipinski definition) is 4. The Bertz CT molecular complexity index is 402. The van der Waals surface area contributed by atoms with Crippen LogP contribution in [0.2, 0.25) is 0 Å². The SMILES string of the molecule is CCOCCN(CC)c1ccc(CNCCOC)c(Br)c1. The summed E-state index contributed by atoms with van der Waals surface area (Å²) in [5.74, 6) is 0. The first-order valence-electron chi connectivity index (χ1n) is 7.53. The minimum Gasteiger partial charge on any atom is -0.383 e. The van der Waals surface area contributed by atoms with Crippen LogP contribution in [0.3, 0.4) is 0 Å². The monoisotopic (exact) mass is 358 g/mol. The molecule has 1 N–H and O–H groups in total. The van der Waals surface area contributed by atoms with Gasteiger partial charge in [-0.05, 0) is 31.5 Å². The summed E-state index contributed by atoms with van der Waals surface area (Å²) >= 11 is 3.67. The highest BCUT2D eigenvalue weighted by Crippen LogP contribution is 2.24. The number of likely N-dealkylation sites (N-methyl/N-ethyl adjacent to an activating group) is 1. The van der Waals surface area contributed by atoms with Crippen molar-refractivity contribution in [1.29, 1.82) is 0 Å². The van der Waals surface area contributed by atoms with Crippen molar-refractivity contribution in [3.63, 3.8) is 0 Å². The van der Waals surface area contributed by atoms with Gasteiger partial charge in [0.15, 0.2) is 0 Å². The van der Waals surface area contributed by atoms with Crippen molar-refractivity contribution in [2.24, 2.45) is 0 Å². The Morgan fingerprint density at radius 1 is 1.24 bits per heavy atom. The Morgan fingerprint density at radius 2 is 2.05 bits per heavy atom. The van der Waals surface area contributed by atoms with Crippen molar-refractivity contribution in [3.8, 4) is 0 Å². The molecule has 0 amide bonds. The van der Waals surface area contributed by atoms with E-state index in [-0.39, 0.29) is 0 Å². The van der Waals surface area contributed by atoms with Gasteiger partial charge in [0.05, 0.1) is 13.2 Å².